The van der Waals surface area contributed by atoms with Crippen molar-refractivity contribution in [2.45, 2.75) is 26.0 Å². The van der Waals surface area contributed by atoms with Crippen LogP contribution in [0, 0.1) is 5.41 Å². The zero-order chi connectivity index (χ0) is 15.1. The SMILES string of the molecule is OCC1(CNCc2ccc(OC(F)F)cc2)CCOCC1. The Hall–Kier alpha value is -1.24. The molecule has 4 nitrogen and oxygen atoms in total. The molecule has 2 rings (SSSR count). The van der Waals surface area contributed by atoms with Gasteiger partial charge in [-0.1, -0.05) is 12.1 Å². The minimum absolute atomic E-state index is 0.114. The van der Waals surface area contributed by atoms with Gasteiger partial charge in [-0.15, -0.1) is 0 Å². The number of hydrogen-bond acceptors (Lipinski definition) is 4. The first-order valence-corrected chi connectivity index (χ1v) is 7.07. The lowest BCUT2D eigenvalue weighted by Gasteiger charge is -2.35. The quantitative estimate of drug-likeness (QED) is 0.810. The number of halogens is 2. The van der Waals surface area contributed by atoms with Gasteiger partial charge < -0.3 is 19.9 Å². The Bertz CT molecular complexity index is 419. The molecule has 118 valence electrons. The maximum atomic E-state index is 12.0. The third-order valence-corrected chi connectivity index (χ3v) is 3.87. The lowest BCUT2D eigenvalue weighted by Crippen LogP contribution is -2.41. The van der Waals surface area contributed by atoms with E-state index >= 15 is 0 Å². The van der Waals surface area contributed by atoms with Crippen molar-refractivity contribution in [3.8, 4) is 5.75 Å². The van der Waals surface area contributed by atoms with E-state index in [9.17, 15) is 13.9 Å². The Kier molecular flexibility index (Phi) is 5.90. The molecule has 0 radical (unpaired) electrons. The predicted molar refractivity (Wildman–Crippen MR) is 74.4 cm³/mol. The van der Waals surface area contributed by atoms with Crippen LogP contribution in [-0.4, -0.2) is 38.1 Å². The fourth-order valence-electron chi connectivity index (χ4n) is 2.46. The van der Waals surface area contributed by atoms with Gasteiger partial charge in [0.05, 0.1) is 6.61 Å². The third kappa shape index (κ3) is 4.91. The van der Waals surface area contributed by atoms with Crippen LogP contribution in [0.1, 0.15) is 18.4 Å². The number of rotatable bonds is 7. The van der Waals surface area contributed by atoms with Crippen LogP contribution in [0.15, 0.2) is 24.3 Å². The van der Waals surface area contributed by atoms with Gasteiger partial charge in [0, 0.05) is 31.7 Å². The summed E-state index contributed by atoms with van der Waals surface area (Å²) in [6.07, 6.45) is 1.69. The molecule has 1 heterocycles. The molecule has 1 aliphatic rings. The molecule has 21 heavy (non-hydrogen) atoms. The molecule has 0 spiro atoms. The van der Waals surface area contributed by atoms with Crippen LogP contribution in [0.2, 0.25) is 0 Å². The third-order valence-electron chi connectivity index (χ3n) is 3.87. The van der Waals surface area contributed by atoms with E-state index < -0.39 is 6.61 Å². The van der Waals surface area contributed by atoms with E-state index in [4.69, 9.17) is 4.74 Å². The maximum Gasteiger partial charge on any atom is 0.387 e. The smallest absolute Gasteiger partial charge is 0.387 e. The molecular weight excluding hydrogens is 280 g/mol. The molecule has 1 saturated heterocycles. The summed E-state index contributed by atoms with van der Waals surface area (Å²) >= 11 is 0. The standard InChI is InChI=1S/C15H21F2NO3/c16-14(17)21-13-3-1-12(2-4-13)9-18-10-15(11-19)5-7-20-8-6-15/h1-4,14,18-19H,5-11H2. The van der Waals surface area contributed by atoms with Gasteiger partial charge in [-0.05, 0) is 30.5 Å². The number of hydrogen-bond donors (Lipinski definition) is 2. The first-order chi connectivity index (χ1) is 10.1. The summed E-state index contributed by atoms with van der Waals surface area (Å²) in [6.45, 7) is 0.0422. The Morgan fingerprint density at radius 1 is 1.24 bits per heavy atom. The highest BCUT2D eigenvalue weighted by atomic mass is 19.3. The van der Waals surface area contributed by atoms with Gasteiger partial charge in [0.25, 0.3) is 0 Å². The molecule has 0 aliphatic carbocycles. The van der Waals surface area contributed by atoms with Crippen molar-refractivity contribution < 1.29 is 23.4 Å². The van der Waals surface area contributed by atoms with Gasteiger partial charge in [-0.3, -0.25) is 0 Å². The topological polar surface area (TPSA) is 50.7 Å². The van der Waals surface area contributed by atoms with Gasteiger partial charge >= 0.3 is 6.61 Å². The highest BCUT2D eigenvalue weighted by Crippen LogP contribution is 2.29. The van der Waals surface area contributed by atoms with Crippen LogP contribution in [0.25, 0.3) is 0 Å². The second-order valence-corrected chi connectivity index (χ2v) is 5.40. The van der Waals surface area contributed by atoms with E-state index in [1.54, 1.807) is 12.1 Å². The molecule has 0 bridgehead atoms. The second kappa shape index (κ2) is 7.68. The number of ether oxygens (including phenoxy) is 2. The van der Waals surface area contributed by atoms with Crippen molar-refractivity contribution in [2.24, 2.45) is 5.41 Å². The van der Waals surface area contributed by atoms with Crippen LogP contribution in [0.5, 0.6) is 5.75 Å². The summed E-state index contributed by atoms with van der Waals surface area (Å²) < 4.78 is 33.7. The molecule has 0 atom stereocenters. The summed E-state index contributed by atoms with van der Waals surface area (Å²) in [6, 6.07) is 6.56. The normalized spacial score (nSPS) is 17.9. The van der Waals surface area contributed by atoms with Crippen LogP contribution in [0.3, 0.4) is 0 Å². The first-order valence-electron chi connectivity index (χ1n) is 7.07. The van der Waals surface area contributed by atoms with Gasteiger partial charge in [0.15, 0.2) is 0 Å². The molecule has 6 heteroatoms. The lowest BCUT2D eigenvalue weighted by atomic mass is 9.81. The van der Waals surface area contributed by atoms with Gasteiger partial charge in [-0.2, -0.15) is 8.78 Å². The van der Waals surface area contributed by atoms with Crippen molar-refractivity contribution in [2.75, 3.05) is 26.4 Å². The van der Waals surface area contributed by atoms with Crippen molar-refractivity contribution in [1.82, 2.24) is 5.32 Å². The van der Waals surface area contributed by atoms with Crippen molar-refractivity contribution in [3.63, 3.8) is 0 Å². The predicted octanol–water partition coefficient (Wildman–Crippen LogP) is 2.17. The molecule has 1 fully saturated rings. The largest absolute Gasteiger partial charge is 0.435 e. The van der Waals surface area contributed by atoms with E-state index in [1.807, 2.05) is 0 Å². The Labute approximate surface area is 123 Å². The van der Waals surface area contributed by atoms with Crippen LogP contribution >= 0.6 is 0 Å². The van der Waals surface area contributed by atoms with E-state index in [-0.39, 0.29) is 17.8 Å². The minimum Gasteiger partial charge on any atom is -0.435 e. The van der Waals surface area contributed by atoms with Crippen LogP contribution in [0.4, 0.5) is 8.78 Å². The van der Waals surface area contributed by atoms with E-state index in [0.29, 0.717) is 26.3 Å². The molecule has 2 N–H and O–H groups in total. The van der Waals surface area contributed by atoms with Crippen molar-refractivity contribution >= 4 is 0 Å². The molecule has 0 unspecified atom stereocenters. The van der Waals surface area contributed by atoms with Gasteiger partial charge in [-0.25, -0.2) is 0 Å². The van der Waals surface area contributed by atoms with Crippen LogP contribution in [-0.2, 0) is 11.3 Å². The number of aliphatic hydroxyl groups excluding tert-OH is 1. The second-order valence-electron chi connectivity index (χ2n) is 5.40. The van der Waals surface area contributed by atoms with E-state index in [1.165, 1.54) is 12.1 Å². The summed E-state index contributed by atoms with van der Waals surface area (Å²) in [7, 11) is 0. The number of nitrogens with one attached hydrogen (secondary N) is 1. The minimum atomic E-state index is -2.80. The van der Waals surface area contributed by atoms with E-state index in [2.05, 4.69) is 10.1 Å². The highest BCUT2D eigenvalue weighted by Gasteiger charge is 2.31. The maximum absolute atomic E-state index is 12.0. The molecule has 1 aromatic rings. The molecule has 1 aromatic carbocycles. The Balaban J connectivity index is 1.79. The summed E-state index contributed by atoms with van der Waals surface area (Å²) in [5.41, 5.74) is 0.869. The van der Waals surface area contributed by atoms with Crippen molar-refractivity contribution in [1.29, 1.82) is 0 Å². The average Bonchev–Trinajstić information content (AvgIpc) is 2.49. The molecule has 0 aromatic heterocycles. The van der Waals surface area contributed by atoms with Crippen molar-refractivity contribution in [3.05, 3.63) is 29.8 Å². The Morgan fingerprint density at radius 2 is 1.90 bits per heavy atom. The molecular formula is C15H21F2NO3. The average molecular weight is 301 g/mol. The highest BCUT2D eigenvalue weighted by molar-refractivity contribution is 5.27. The molecule has 1 aliphatic heterocycles. The van der Waals surface area contributed by atoms with Gasteiger partial charge in [0.1, 0.15) is 5.75 Å². The monoisotopic (exact) mass is 301 g/mol. The summed E-state index contributed by atoms with van der Waals surface area (Å²) in [5.74, 6) is 0.157. The molecule has 0 amide bonds. The molecule has 0 saturated carbocycles. The fraction of sp³-hybridized carbons (Fsp3) is 0.600. The number of alkyl halides is 2. The summed E-state index contributed by atoms with van der Waals surface area (Å²) in [4.78, 5) is 0. The van der Waals surface area contributed by atoms with Crippen LogP contribution < -0.4 is 10.1 Å². The Morgan fingerprint density at radius 3 is 2.48 bits per heavy atom. The number of aliphatic hydroxyl groups is 1. The zero-order valence-electron chi connectivity index (χ0n) is 11.9. The fourth-order valence-corrected chi connectivity index (χ4v) is 2.46. The first kappa shape index (κ1) is 16.1. The van der Waals surface area contributed by atoms with E-state index in [0.717, 1.165) is 18.4 Å². The zero-order valence-corrected chi connectivity index (χ0v) is 11.9. The van der Waals surface area contributed by atoms with Gasteiger partial charge in [0.2, 0.25) is 0 Å². The summed E-state index contributed by atoms with van der Waals surface area (Å²) in [5, 5.41) is 12.9. The number of benzene rings is 1. The lowest BCUT2D eigenvalue weighted by molar-refractivity contribution is -0.0498.